The van der Waals surface area contributed by atoms with Crippen molar-refractivity contribution in [2.75, 3.05) is 13.7 Å². The number of carbonyl (C=O) groups excluding carboxylic acids is 1. The number of benzene rings is 1. The first kappa shape index (κ1) is 13.8. The molecule has 0 spiro atoms. The van der Waals surface area contributed by atoms with E-state index < -0.39 is 12.0 Å². The Bertz CT molecular complexity index is 397. The van der Waals surface area contributed by atoms with E-state index in [0.29, 0.717) is 5.75 Å². The number of halogens is 1. The number of methoxy groups -OCH3 is 1. The number of aryl methyl sites for hydroxylation is 2. The minimum atomic E-state index is -0.781. The van der Waals surface area contributed by atoms with E-state index in [4.69, 9.17) is 22.1 Å². The number of nitrogens with two attached hydrogens (primary N) is 1. The first-order valence-corrected chi connectivity index (χ1v) is 5.56. The first-order chi connectivity index (χ1) is 7.95. The first-order valence-electron chi connectivity index (χ1n) is 5.18. The number of hydrogen-bond acceptors (Lipinski definition) is 4. The van der Waals surface area contributed by atoms with E-state index in [-0.39, 0.29) is 6.61 Å². The van der Waals surface area contributed by atoms with Crippen molar-refractivity contribution in [2.24, 2.45) is 5.73 Å². The van der Waals surface area contributed by atoms with E-state index in [0.717, 1.165) is 16.1 Å². The van der Waals surface area contributed by atoms with Gasteiger partial charge in [-0.1, -0.05) is 11.6 Å². The van der Waals surface area contributed by atoms with Crippen LogP contribution in [0.2, 0.25) is 5.02 Å². The molecule has 1 aromatic carbocycles. The summed E-state index contributed by atoms with van der Waals surface area (Å²) in [5.74, 6) is 0.149. The van der Waals surface area contributed by atoms with E-state index in [1.165, 1.54) is 7.11 Å². The minimum Gasteiger partial charge on any atom is -0.491 e. The molecule has 0 radical (unpaired) electrons. The van der Waals surface area contributed by atoms with Crippen molar-refractivity contribution in [3.05, 3.63) is 28.3 Å². The summed E-state index contributed by atoms with van der Waals surface area (Å²) in [6.45, 7) is 3.86. The molecule has 0 aliphatic heterocycles. The van der Waals surface area contributed by atoms with Crippen LogP contribution in [0.25, 0.3) is 0 Å². The van der Waals surface area contributed by atoms with Gasteiger partial charge in [-0.3, -0.25) is 4.79 Å². The molecule has 0 bridgehead atoms. The second-order valence-corrected chi connectivity index (χ2v) is 4.19. The van der Waals surface area contributed by atoms with Gasteiger partial charge in [-0.05, 0) is 37.1 Å². The molecule has 0 amide bonds. The van der Waals surface area contributed by atoms with Gasteiger partial charge in [0.2, 0.25) is 0 Å². The molecule has 0 fully saturated rings. The van der Waals surface area contributed by atoms with Gasteiger partial charge in [-0.2, -0.15) is 0 Å². The number of esters is 1. The molecule has 17 heavy (non-hydrogen) atoms. The molecular formula is C12H16ClNO3. The lowest BCUT2D eigenvalue weighted by atomic mass is 10.1. The molecule has 0 heterocycles. The van der Waals surface area contributed by atoms with Crippen LogP contribution in [0.3, 0.4) is 0 Å². The molecule has 4 nitrogen and oxygen atoms in total. The molecule has 94 valence electrons. The van der Waals surface area contributed by atoms with Gasteiger partial charge in [-0.15, -0.1) is 0 Å². The van der Waals surface area contributed by atoms with Gasteiger partial charge < -0.3 is 15.2 Å². The zero-order valence-electron chi connectivity index (χ0n) is 10.1. The van der Waals surface area contributed by atoms with Crippen molar-refractivity contribution in [3.63, 3.8) is 0 Å². The third-order valence-corrected chi connectivity index (χ3v) is 2.94. The fourth-order valence-electron chi connectivity index (χ4n) is 1.39. The molecule has 2 N–H and O–H groups in total. The molecule has 1 rings (SSSR count). The maximum Gasteiger partial charge on any atom is 0.326 e. The minimum absolute atomic E-state index is 0.0766. The molecule has 0 saturated heterocycles. The van der Waals surface area contributed by atoms with Crippen molar-refractivity contribution in [2.45, 2.75) is 19.9 Å². The maximum atomic E-state index is 11.1. The van der Waals surface area contributed by atoms with Crippen LogP contribution in [-0.4, -0.2) is 25.7 Å². The van der Waals surface area contributed by atoms with Gasteiger partial charge in [0.05, 0.1) is 7.11 Å². The van der Waals surface area contributed by atoms with Crippen molar-refractivity contribution < 1.29 is 14.3 Å². The molecule has 0 aliphatic carbocycles. The van der Waals surface area contributed by atoms with Crippen molar-refractivity contribution in [1.29, 1.82) is 0 Å². The zero-order valence-corrected chi connectivity index (χ0v) is 10.9. The van der Waals surface area contributed by atoms with Crippen LogP contribution >= 0.6 is 11.6 Å². The molecule has 5 heteroatoms. The highest BCUT2D eigenvalue weighted by molar-refractivity contribution is 6.32. The third-order valence-electron chi connectivity index (χ3n) is 2.34. The lowest BCUT2D eigenvalue weighted by Gasteiger charge is -2.13. The average molecular weight is 258 g/mol. The van der Waals surface area contributed by atoms with Crippen LogP contribution in [0.1, 0.15) is 11.1 Å². The molecule has 0 saturated carbocycles. The van der Waals surface area contributed by atoms with E-state index in [9.17, 15) is 4.79 Å². The molecule has 1 unspecified atom stereocenters. The molecule has 0 aliphatic rings. The second kappa shape index (κ2) is 5.89. The quantitative estimate of drug-likeness (QED) is 0.836. The summed E-state index contributed by atoms with van der Waals surface area (Å²) in [6.07, 6.45) is 0. The topological polar surface area (TPSA) is 61.5 Å². The van der Waals surface area contributed by atoms with Crippen LogP contribution in [0.4, 0.5) is 0 Å². The molecule has 0 aromatic heterocycles. The van der Waals surface area contributed by atoms with E-state index >= 15 is 0 Å². The highest BCUT2D eigenvalue weighted by atomic mass is 35.5. The fourth-order valence-corrected chi connectivity index (χ4v) is 1.50. The lowest BCUT2D eigenvalue weighted by Crippen LogP contribution is -2.37. The normalized spacial score (nSPS) is 12.1. The van der Waals surface area contributed by atoms with Crippen LogP contribution < -0.4 is 10.5 Å². The number of rotatable bonds is 4. The van der Waals surface area contributed by atoms with Gasteiger partial charge in [0, 0.05) is 5.02 Å². The largest absolute Gasteiger partial charge is 0.491 e. The van der Waals surface area contributed by atoms with Crippen molar-refractivity contribution in [3.8, 4) is 5.75 Å². The molecule has 1 aromatic rings. The van der Waals surface area contributed by atoms with Gasteiger partial charge in [0.15, 0.2) is 0 Å². The monoisotopic (exact) mass is 257 g/mol. The Labute approximate surface area is 106 Å². The van der Waals surface area contributed by atoms with E-state index in [2.05, 4.69) is 4.74 Å². The highest BCUT2D eigenvalue weighted by Gasteiger charge is 2.14. The molecular weight excluding hydrogens is 242 g/mol. The predicted molar refractivity (Wildman–Crippen MR) is 66.4 cm³/mol. The van der Waals surface area contributed by atoms with Crippen LogP contribution in [0, 0.1) is 13.8 Å². The smallest absolute Gasteiger partial charge is 0.326 e. The van der Waals surface area contributed by atoms with E-state index in [1.54, 1.807) is 12.1 Å². The Hall–Kier alpha value is -1.26. The summed E-state index contributed by atoms with van der Waals surface area (Å²) in [4.78, 5) is 11.1. The van der Waals surface area contributed by atoms with Crippen molar-refractivity contribution in [1.82, 2.24) is 0 Å². The Morgan fingerprint density at radius 1 is 1.41 bits per heavy atom. The maximum absolute atomic E-state index is 11.1. The van der Waals surface area contributed by atoms with Gasteiger partial charge in [0.1, 0.15) is 18.4 Å². The SMILES string of the molecule is COC(=O)C(N)COc1cc(C)c(Cl)c(C)c1. The number of ether oxygens (including phenoxy) is 2. The summed E-state index contributed by atoms with van der Waals surface area (Å²) in [5, 5.41) is 0.717. The highest BCUT2D eigenvalue weighted by Crippen LogP contribution is 2.25. The Morgan fingerprint density at radius 3 is 2.41 bits per heavy atom. The number of carbonyl (C=O) groups is 1. The molecule has 1 atom stereocenters. The average Bonchev–Trinajstić information content (AvgIpc) is 2.31. The lowest BCUT2D eigenvalue weighted by molar-refractivity contribution is -0.142. The second-order valence-electron chi connectivity index (χ2n) is 3.81. The van der Waals surface area contributed by atoms with Gasteiger partial charge in [-0.25, -0.2) is 0 Å². The summed E-state index contributed by atoms with van der Waals surface area (Å²) < 4.78 is 9.92. The van der Waals surface area contributed by atoms with Gasteiger partial charge >= 0.3 is 5.97 Å². The predicted octanol–water partition coefficient (Wildman–Crippen LogP) is 1.84. The standard InChI is InChI=1S/C12H16ClNO3/c1-7-4-9(5-8(2)11(7)13)17-6-10(14)12(15)16-3/h4-5,10H,6,14H2,1-3H3. The summed E-state index contributed by atoms with van der Waals surface area (Å²) in [6, 6.07) is 2.83. The van der Waals surface area contributed by atoms with Crippen LogP contribution in [0.15, 0.2) is 12.1 Å². The Kier molecular flexibility index (Phi) is 4.78. The Morgan fingerprint density at radius 2 is 1.94 bits per heavy atom. The Balaban J connectivity index is 2.67. The fraction of sp³-hybridized carbons (Fsp3) is 0.417. The zero-order chi connectivity index (χ0) is 13.0. The number of hydrogen-bond donors (Lipinski definition) is 1. The summed E-state index contributed by atoms with van der Waals surface area (Å²) in [7, 11) is 1.29. The summed E-state index contributed by atoms with van der Waals surface area (Å²) >= 11 is 6.03. The van der Waals surface area contributed by atoms with E-state index in [1.807, 2.05) is 13.8 Å². The van der Waals surface area contributed by atoms with Gasteiger partial charge in [0.25, 0.3) is 0 Å². The van der Waals surface area contributed by atoms with Crippen LogP contribution in [-0.2, 0) is 9.53 Å². The summed E-state index contributed by atoms with van der Waals surface area (Å²) in [5.41, 5.74) is 7.40. The van der Waals surface area contributed by atoms with Crippen molar-refractivity contribution >= 4 is 17.6 Å². The van der Waals surface area contributed by atoms with Crippen LogP contribution in [0.5, 0.6) is 5.75 Å². The third kappa shape index (κ3) is 3.61.